The molecule has 0 atom stereocenters. The molecule has 1 saturated carbocycles. The van der Waals surface area contributed by atoms with Gasteiger partial charge in [-0.2, -0.15) is 0 Å². The molecule has 1 aliphatic carbocycles. The van der Waals surface area contributed by atoms with Crippen molar-refractivity contribution < 1.29 is 4.74 Å². The molecule has 1 aromatic heterocycles. The third kappa shape index (κ3) is 4.72. The molecule has 1 heterocycles. The highest BCUT2D eigenvalue weighted by Crippen LogP contribution is 2.31. The SMILES string of the molecule is COCCNCc1cnc(N(CC2CC2)C(C)C)nc1. The smallest absolute Gasteiger partial charge is 0.225 e. The van der Waals surface area contributed by atoms with Crippen molar-refractivity contribution >= 4 is 5.95 Å². The Morgan fingerprint density at radius 1 is 1.35 bits per heavy atom. The van der Waals surface area contributed by atoms with Crippen molar-refractivity contribution in [1.82, 2.24) is 15.3 Å². The molecular weight excluding hydrogens is 252 g/mol. The van der Waals surface area contributed by atoms with Crippen LogP contribution in [0.1, 0.15) is 32.3 Å². The molecule has 20 heavy (non-hydrogen) atoms. The summed E-state index contributed by atoms with van der Waals surface area (Å²) >= 11 is 0. The lowest BCUT2D eigenvalue weighted by Gasteiger charge is -2.26. The van der Waals surface area contributed by atoms with Gasteiger partial charge in [-0.1, -0.05) is 0 Å². The fourth-order valence-corrected chi connectivity index (χ4v) is 2.10. The van der Waals surface area contributed by atoms with Gasteiger partial charge in [-0.25, -0.2) is 9.97 Å². The number of anilines is 1. The van der Waals surface area contributed by atoms with Gasteiger partial charge in [-0.3, -0.25) is 0 Å². The van der Waals surface area contributed by atoms with E-state index in [1.165, 1.54) is 12.8 Å². The highest BCUT2D eigenvalue weighted by Gasteiger charge is 2.26. The van der Waals surface area contributed by atoms with Crippen LogP contribution in [0.4, 0.5) is 5.95 Å². The summed E-state index contributed by atoms with van der Waals surface area (Å²) in [5, 5.41) is 3.30. The number of nitrogens with one attached hydrogen (secondary N) is 1. The van der Waals surface area contributed by atoms with E-state index in [4.69, 9.17) is 4.74 Å². The van der Waals surface area contributed by atoms with Gasteiger partial charge in [0, 0.05) is 50.7 Å². The number of nitrogens with zero attached hydrogens (tertiary/aromatic N) is 3. The maximum atomic E-state index is 5.00. The Bertz CT molecular complexity index is 389. The highest BCUT2D eigenvalue weighted by atomic mass is 16.5. The maximum absolute atomic E-state index is 5.00. The van der Waals surface area contributed by atoms with Gasteiger partial charge in [0.2, 0.25) is 5.95 Å². The van der Waals surface area contributed by atoms with Crippen LogP contribution in [0, 0.1) is 5.92 Å². The van der Waals surface area contributed by atoms with E-state index in [0.29, 0.717) is 6.04 Å². The van der Waals surface area contributed by atoms with Crippen LogP contribution >= 0.6 is 0 Å². The molecule has 1 aliphatic rings. The average molecular weight is 278 g/mol. The molecule has 0 unspecified atom stereocenters. The Balaban J connectivity index is 1.88. The molecule has 0 spiro atoms. The minimum Gasteiger partial charge on any atom is -0.383 e. The first-order chi connectivity index (χ1) is 9.70. The molecule has 5 heteroatoms. The molecular formula is C15H26N4O. The quantitative estimate of drug-likeness (QED) is 0.699. The van der Waals surface area contributed by atoms with Gasteiger partial charge in [-0.05, 0) is 32.6 Å². The van der Waals surface area contributed by atoms with Crippen molar-refractivity contribution in [1.29, 1.82) is 0 Å². The summed E-state index contributed by atoms with van der Waals surface area (Å²) in [6.45, 7) is 7.84. The second kappa shape index (κ2) is 7.55. The Hall–Kier alpha value is -1.20. The van der Waals surface area contributed by atoms with Gasteiger partial charge < -0.3 is 15.0 Å². The van der Waals surface area contributed by atoms with Crippen molar-refractivity contribution in [3.8, 4) is 0 Å². The Morgan fingerprint density at radius 3 is 2.60 bits per heavy atom. The van der Waals surface area contributed by atoms with Gasteiger partial charge in [-0.15, -0.1) is 0 Å². The van der Waals surface area contributed by atoms with Gasteiger partial charge in [0.1, 0.15) is 0 Å². The molecule has 0 radical (unpaired) electrons. The summed E-state index contributed by atoms with van der Waals surface area (Å²) in [5.74, 6) is 1.70. The van der Waals surface area contributed by atoms with E-state index < -0.39 is 0 Å². The Kier molecular flexibility index (Phi) is 5.73. The fraction of sp³-hybridized carbons (Fsp3) is 0.733. The number of ether oxygens (including phenoxy) is 1. The molecule has 0 amide bonds. The number of methoxy groups -OCH3 is 1. The molecule has 1 aromatic rings. The number of hydrogen-bond acceptors (Lipinski definition) is 5. The van der Waals surface area contributed by atoms with Gasteiger partial charge in [0.25, 0.3) is 0 Å². The van der Waals surface area contributed by atoms with E-state index in [9.17, 15) is 0 Å². The van der Waals surface area contributed by atoms with Crippen LogP contribution < -0.4 is 10.2 Å². The first-order valence-corrected chi connectivity index (χ1v) is 7.48. The third-order valence-corrected chi connectivity index (χ3v) is 3.54. The van der Waals surface area contributed by atoms with Crippen molar-refractivity contribution in [2.24, 2.45) is 5.92 Å². The number of rotatable bonds is 9. The third-order valence-electron chi connectivity index (χ3n) is 3.54. The monoisotopic (exact) mass is 278 g/mol. The van der Waals surface area contributed by atoms with Crippen LogP contribution in [0.15, 0.2) is 12.4 Å². The van der Waals surface area contributed by atoms with Gasteiger partial charge >= 0.3 is 0 Å². The summed E-state index contributed by atoms with van der Waals surface area (Å²) in [4.78, 5) is 11.4. The zero-order valence-corrected chi connectivity index (χ0v) is 12.8. The van der Waals surface area contributed by atoms with Crippen molar-refractivity contribution in [2.75, 3.05) is 31.7 Å². The molecule has 0 bridgehead atoms. The van der Waals surface area contributed by atoms with Crippen LogP contribution in [0.25, 0.3) is 0 Å². The van der Waals surface area contributed by atoms with E-state index in [2.05, 4.69) is 34.0 Å². The Labute approximate surface area is 121 Å². The lowest BCUT2D eigenvalue weighted by molar-refractivity contribution is 0.199. The van der Waals surface area contributed by atoms with Crippen molar-refractivity contribution in [2.45, 2.75) is 39.3 Å². The second-order valence-electron chi connectivity index (χ2n) is 5.75. The molecule has 0 aromatic carbocycles. The maximum Gasteiger partial charge on any atom is 0.225 e. The van der Waals surface area contributed by atoms with E-state index in [1.54, 1.807) is 7.11 Å². The number of hydrogen-bond donors (Lipinski definition) is 1. The first kappa shape index (κ1) is 15.2. The van der Waals surface area contributed by atoms with E-state index in [0.717, 1.165) is 43.7 Å². The Morgan fingerprint density at radius 2 is 2.05 bits per heavy atom. The standard InChI is InChI=1S/C15H26N4O/c1-12(2)19(11-13-4-5-13)15-17-9-14(10-18-15)8-16-6-7-20-3/h9-10,12-13,16H,4-8,11H2,1-3H3. The van der Waals surface area contributed by atoms with Crippen molar-refractivity contribution in [3.63, 3.8) is 0 Å². The van der Waals surface area contributed by atoms with Crippen LogP contribution in [-0.2, 0) is 11.3 Å². The normalized spacial score (nSPS) is 14.8. The summed E-state index contributed by atoms with van der Waals surface area (Å²) in [6.07, 6.45) is 6.55. The summed E-state index contributed by atoms with van der Waals surface area (Å²) in [5.41, 5.74) is 1.11. The summed E-state index contributed by atoms with van der Waals surface area (Å²) < 4.78 is 5.00. The first-order valence-electron chi connectivity index (χ1n) is 7.48. The van der Waals surface area contributed by atoms with Gasteiger partial charge in [0.05, 0.1) is 6.61 Å². The largest absolute Gasteiger partial charge is 0.383 e. The molecule has 5 nitrogen and oxygen atoms in total. The molecule has 0 aliphatic heterocycles. The topological polar surface area (TPSA) is 50.3 Å². The molecule has 112 valence electrons. The number of aromatic nitrogens is 2. The lowest BCUT2D eigenvalue weighted by atomic mass is 10.3. The van der Waals surface area contributed by atoms with Crippen LogP contribution in [0.2, 0.25) is 0 Å². The fourth-order valence-electron chi connectivity index (χ4n) is 2.10. The zero-order chi connectivity index (χ0) is 14.4. The van der Waals surface area contributed by atoms with E-state index in [1.807, 2.05) is 12.4 Å². The zero-order valence-electron chi connectivity index (χ0n) is 12.8. The van der Waals surface area contributed by atoms with Crippen LogP contribution in [0.5, 0.6) is 0 Å². The summed E-state index contributed by atoms with van der Waals surface area (Å²) in [6, 6.07) is 0.446. The predicted octanol–water partition coefficient (Wildman–Crippen LogP) is 1.84. The summed E-state index contributed by atoms with van der Waals surface area (Å²) in [7, 11) is 1.71. The van der Waals surface area contributed by atoms with Crippen molar-refractivity contribution in [3.05, 3.63) is 18.0 Å². The van der Waals surface area contributed by atoms with Gasteiger partial charge in [0.15, 0.2) is 0 Å². The second-order valence-corrected chi connectivity index (χ2v) is 5.75. The van der Waals surface area contributed by atoms with E-state index >= 15 is 0 Å². The predicted molar refractivity (Wildman–Crippen MR) is 80.8 cm³/mol. The average Bonchev–Trinajstić information content (AvgIpc) is 3.26. The molecule has 2 rings (SSSR count). The minimum atomic E-state index is 0.446. The lowest BCUT2D eigenvalue weighted by Crippen LogP contribution is -2.34. The van der Waals surface area contributed by atoms with E-state index in [-0.39, 0.29) is 0 Å². The minimum absolute atomic E-state index is 0.446. The molecule has 1 N–H and O–H groups in total. The van der Waals surface area contributed by atoms with Crippen LogP contribution in [0.3, 0.4) is 0 Å². The highest BCUT2D eigenvalue weighted by molar-refractivity contribution is 5.31. The van der Waals surface area contributed by atoms with Crippen LogP contribution in [-0.4, -0.2) is 42.8 Å². The molecule has 1 fully saturated rings. The molecule has 0 saturated heterocycles.